The molecular weight excluding hydrogens is 420 g/mol. The molecule has 162 valence electrons. The van der Waals surface area contributed by atoms with Gasteiger partial charge in [-0.2, -0.15) is 5.10 Å². The second-order valence-electron chi connectivity index (χ2n) is 7.62. The number of carbonyl (C=O) groups excluding carboxylic acids is 2. The number of benzene rings is 1. The van der Waals surface area contributed by atoms with E-state index in [4.69, 9.17) is 5.11 Å². The van der Waals surface area contributed by atoms with E-state index in [1.807, 2.05) is 0 Å². The zero-order valence-electron chi connectivity index (χ0n) is 17.6. The fourth-order valence-corrected chi connectivity index (χ4v) is 5.28. The number of aliphatic hydroxyl groups excluding tert-OH is 1. The zero-order chi connectivity index (χ0) is 22.7. The quantitative estimate of drug-likeness (QED) is 0.570. The standard InChI is InChI=1S/C21H22N4O5S/c1-10-17-18(21(28)19(20(17)27)16-11(2)24-25(4)12(16)3)14-9-13(5-6-15(14)23-10)31(29,30)22-7-8-26/h5-6,9,19,22,26H,7-8H2,1-4H3. The van der Waals surface area contributed by atoms with Crippen LogP contribution in [0.15, 0.2) is 23.1 Å². The highest BCUT2D eigenvalue weighted by atomic mass is 32.2. The second-order valence-corrected chi connectivity index (χ2v) is 9.38. The van der Waals surface area contributed by atoms with Crippen molar-refractivity contribution in [2.24, 2.45) is 7.05 Å². The Morgan fingerprint density at radius 1 is 1.10 bits per heavy atom. The van der Waals surface area contributed by atoms with E-state index in [0.29, 0.717) is 27.9 Å². The molecule has 0 saturated carbocycles. The van der Waals surface area contributed by atoms with Crippen molar-refractivity contribution in [2.45, 2.75) is 31.6 Å². The molecule has 0 radical (unpaired) electrons. The maximum Gasteiger partial charge on any atom is 0.240 e. The number of carbonyl (C=O) groups is 2. The number of aryl methyl sites for hydroxylation is 3. The summed E-state index contributed by atoms with van der Waals surface area (Å²) in [4.78, 5) is 31.3. The number of hydrogen-bond acceptors (Lipinski definition) is 7. The van der Waals surface area contributed by atoms with Crippen LogP contribution in [0.1, 0.15) is 49.3 Å². The summed E-state index contributed by atoms with van der Waals surface area (Å²) in [7, 11) is -2.14. The minimum atomic E-state index is -3.90. The SMILES string of the molecule is Cc1nc2ccc(S(=O)(=O)NCCO)cc2c2c1C(=O)C(c1c(C)nn(C)c1C)C2=O. The lowest BCUT2D eigenvalue weighted by Crippen LogP contribution is -2.26. The molecule has 10 heteroatoms. The summed E-state index contributed by atoms with van der Waals surface area (Å²) >= 11 is 0. The van der Waals surface area contributed by atoms with E-state index in [2.05, 4.69) is 14.8 Å². The molecule has 0 saturated heterocycles. The second kappa shape index (κ2) is 7.33. The van der Waals surface area contributed by atoms with E-state index in [0.717, 1.165) is 5.69 Å². The largest absolute Gasteiger partial charge is 0.395 e. The highest BCUT2D eigenvalue weighted by molar-refractivity contribution is 7.89. The molecule has 1 aliphatic carbocycles. The van der Waals surface area contributed by atoms with E-state index in [1.54, 1.807) is 32.5 Å². The van der Waals surface area contributed by atoms with E-state index in [-0.39, 0.29) is 40.7 Å². The lowest BCUT2D eigenvalue weighted by atomic mass is 9.92. The van der Waals surface area contributed by atoms with Crippen LogP contribution in [0.5, 0.6) is 0 Å². The van der Waals surface area contributed by atoms with Gasteiger partial charge < -0.3 is 5.11 Å². The van der Waals surface area contributed by atoms with Crippen LogP contribution in [0.2, 0.25) is 0 Å². The fourth-order valence-electron chi connectivity index (χ4n) is 4.23. The maximum atomic E-state index is 13.5. The molecule has 9 nitrogen and oxygen atoms in total. The summed E-state index contributed by atoms with van der Waals surface area (Å²) in [5.41, 5.74) is 3.18. The lowest BCUT2D eigenvalue weighted by molar-refractivity contribution is 0.0889. The van der Waals surface area contributed by atoms with Crippen molar-refractivity contribution in [3.8, 4) is 0 Å². The monoisotopic (exact) mass is 442 g/mol. The molecule has 31 heavy (non-hydrogen) atoms. The Morgan fingerprint density at radius 2 is 1.77 bits per heavy atom. The van der Waals surface area contributed by atoms with Gasteiger partial charge in [-0.15, -0.1) is 0 Å². The number of pyridine rings is 1. The Labute approximate surface area is 179 Å². The Balaban J connectivity index is 1.95. The molecule has 3 aromatic rings. The number of rotatable bonds is 5. The van der Waals surface area contributed by atoms with Crippen molar-refractivity contribution in [2.75, 3.05) is 13.2 Å². The minimum absolute atomic E-state index is 0.0706. The number of nitrogens with one attached hydrogen (secondary N) is 1. The van der Waals surface area contributed by atoms with Crippen LogP contribution in [-0.2, 0) is 17.1 Å². The first kappa shape index (κ1) is 21.3. The van der Waals surface area contributed by atoms with Gasteiger partial charge in [0.2, 0.25) is 10.0 Å². The number of ketones is 2. The molecule has 0 bridgehead atoms. The van der Waals surface area contributed by atoms with Gasteiger partial charge in [0.25, 0.3) is 0 Å². The van der Waals surface area contributed by atoms with Gasteiger partial charge in [0.1, 0.15) is 5.92 Å². The van der Waals surface area contributed by atoms with Crippen molar-refractivity contribution >= 4 is 32.5 Å². The smallest absolute Gasteiger partial charge is 0.240 e. The Morgan fingerprint density at radius 3 is 2.39 bits per heavy atom. The van der Waals surface area contributed by atoms with Crippen LogP contribution >= 0.6 is 0 Å². The first-order valence-corrected chi connectivity index (χ1v) is 11.2. The average Bonchev–Trinajstić information content (AvgIpc) is 3.12. The summed E-state index contributed by atoms with van der Waals surface area (Å²) < 4.78 is 29.0. The molecule has 1 unspecified atom stereocenters. The zero-order valence-corrected chi connectivity index (χ0v) is 18.4. The van der Waals surface area contributed by atoms with E-state index in [1.165, 1.54) is 18.2 Å². The van der Waals surface area contributed by atoms with Crippen molar-refractivity contribution < 1.29 is 23.1 Å². The Kier molecular flexibility index (Phi) is 5.03. The van der Waals surface area contributed by atoms with E-state index < -0.39 is 15.9 Å². The van der Waals surface area contributed by atoms with Gasteiger partial charge in [0.05, 0.1) is 28.3 Å². The van der Waals surface area contributed by atoms with Crippen LogP contribution in [0.3, 0.4) is 0 Å². The van der Waals surface area contributed by atoms with E-state index in [9.17, 15) is 18.0 Å². The first-order chi connectivity index (χ1) is 14.6. The van der Waals surface area contributed by atoms with Gasteiger partial charge in [-0.05, 0) is 39.0 Å². The average molecular weight is 442 g/mol. The van der Waals surface area contributed by atoms with Crippen LogP contribution in [0.25, 0.3) is 10.9 Å². The third-order valence-electron chi connectivity index (χ3n) is 5.72. The molecule has 1 aliphatic rings. The lowest BCUT2D eigenvalue weighted by Gasteiger charge is -2.10. The Hall–Kier alpha value is -2.95. The van der Waals surface area contributed by atoms with Gasteiger partial charge >= 0.3 is 0 Å². The number of Topliss-reactive ketones (excluding diaryl/α,β-unsaturated/α-hetero) is 2. The molecule has 2 heterocycles. The number of nitrogens with zero attached hydrogens (tertiary/aromatic N) is 3. The number of hydrogen-bond donors (Lipinski definition) is 2. The molecule has 0 aliphatic heterocycles. The van der Waals surface area contributed by atoms with Crippen molar-refractivity contribution in [3.63, 3.8) is 0 Å². The first-order valence-electron chi connectivity index (χ1n) is 9.72. The summed E-state index contributed by atoms with van der Waals surface area (Å²) in [6.07, 6.45) is 0. The molecular formula is C21H22N4O5S. The predicted molar refractivity (Wildman–Crippen MR) is 113 cm³/mol. The van der Waals surface area contributed by atoms with Crippen molar-refractivity contribution in [3.05, 3.63) is 52.0 Å². The number of fused-ring (bicyclic) bond motifs is 3. The molecule has 0 amide bonds. The number of aromatic nitrogens is 3. The van der Waals surface area contributed by atoms with Crippen LogP contribution in [0, 0.1) is 20.8 Å². The molecule has 1 aromatic carbocycles. The number of aliphatic hydroxyl groups is 1. The number of sulfonamides is 1. The molecule has 4 rings (SSSR count). The van der Waals surface area contributed by atoms with Gasteiger partial charge in [-0.3, -0.25) is 19.3 Å². The van der Waals surface area contributed by atoms with Crippen LogP contribution in [-0.4, -0.2) is 53.0 Å². The van der Waals surface area contributed by atoms with Gasteiger partial charge in [-0.1, -0.05) is 0 Å². The van der Waals surface area contributed by atoms with Crippen LogP contribution in [0.4, 0.5) is 0 Å². The summed E-state index contributed by atoms with van der Waals surface area (Å²) in [6.45, 7) is 4.75. The highest BCUT2D eigenvalue weighted by Gasteiger charge is 2.44. The predicted octanol–water partition coefficient (Wildman–Crippen LogP) is 1.33. The van der Waals surface area contributed by atoms with Gasteiger partial charge in [-0.25, -0.2) is 13.1 Å². The summed E-state index contributed by atoms with van der Waals surface area (Å²) in [5.74, 6) is -1.76. The van der Waals surface area contributed by atoms with Gasteiger partial charge in [0, 0.05) is 41.5 Å². The topological polar surface area (TPSA) is 131 Å². The third-order valence-corrected chi connectivity index (χ3v) is 7.18. The minimum Gasteiger partial charge on any atom is -0.395 e. The summed E-state index contributed by atoms with van der Waals surface area (Å²) in [6, 6.07) is 4.26. The Bertz CT molecular complexity index is 1370. The third kappa shape index (κ3) is 3.18. The molecule has 0 spiro atoms. The fraction of sp³-hybridized carbons (Fsp3) is 0.333. The summed E-state index contributed by atoms with van der Waals surface area (Å²) in [5, 5.41) is 13.6. The normalized spacial score (nSPS) is 16.4. The molecule has 0 fully saturated rings. The van der Waals surface area contributed by atoms with Crippen molar-refractivity contribution in [1.82, 2.24) is 19.5 Å². The van der Waals surface area contributed by atoms with Crippen LogP contribution < -0.4 is 4.72 Å². The maximum absolute atomic E-state index is 13.5. The van der Waals surface area contributed by atoms with Crippen molar-refractivity contribution in [1.29, 1.82) is 0 Å². The molecule has 2 N–H and O–H groups in total. The molecule has 1 atom stereocenters. The highest BCUT2D eigenvalue weighted by Crippen LogP contribution is 2.41. The van der Waals surface area contributed by atoms with Gasteiger partial charge in [0.15, 0.2) is 11.6 Å². The molecule has 2 aromatic heterocycles. The van der Waals surface area contributed by atoms with E-state index >= 15 is 0 Å².